The second-order valence-electron chi connectivity index (χ2n) is 6.95. The smallest absolute Gasteiger partial charge is 0.255 e. The Bertz CT molecular complexity index is 935. The summed E-state index contributed by atoms with van der Waals surface area (Å²) in [6.07, 6.45) is 6.29. The monoisotopic (exact) mass is 423 g/mol. The molecule has 2 aromatic carbocycles. The second kappa shape index (κ2) is 10.5. The SMILES string of the molecule is COc1ccc(/C=C/C(=O)NC(=S)Nc2ccccc2C(=O)N2CCCCC2)cc1. The number of carbonyl (C=O) groups is 2. The molecule has 0 unspecified atom stereocenters. The Hall–Kier alpha value is -3.19. The van der Waals surface area contributed by atoms with Gasteiger partial charge in [0.15, 0.2) is 5.11 Å². The number of benzene rings is 2. The van der Waals surface area contributed by atoms with E-state index in [2.05, 4.69) is 10.6 Å². The molecule has 2 amide bonds. The minimum atomic E-state index is -0.358. The minimum absolute atomic E-state index is 0.0219. The molecule has 2 N–H and O–H groups in total. The first-order valence-electron chi connectivity index (χ1n) is 9.89. The molecule has 0 aliphatic carbocycles. The molecule has 1 aliphatic rings. The number of hydrogen-bond acceptors (Lipinski definition) is 4. The predicted octanol–water partition coefficient (Wildman–Crippen LogP) is 3.85. The highest BCUT2D eigenvalue weighted by Crippen LogP contribution is 2.20. The Morgan fingerprint density at radius 1 is 1.03 bits per heavy atom. The van der Waals surface area contributed by atoms with Crippen molar-refractivity contribution in [3.05, 3.63) is 65.7 Å². The van der Waals surface area contributed by atoms with Gasteiger partial charge in [0.25, 0.3) is 5.91 Å². The molecular formula is C23H25N3O3S. The van der Waals surface area contributed by atoms with E-state index in [-0.39, 0.29) is 16.9 Å². The number of nitrogens with one attached hydrogen (secondary N) is 2. The summed E-state index contributed by atoms with van der Waals surface area (Å²) in [5.41, 5.74) is 1.99. The maximum Gasteiger partial charge on any atom is 0.255 e. The summed E-state index contributed by atoms with van der Waals surface area (Å²) in [4.78, 5) is 26.9. The molecule has 0 spiro atoms. The second-order valence-corrected chi connectivity index (χ2v) is 7.36. The van der Waals surface area contributed by atoms with Gasteiger partial charge in [-0.05, 0) is 67.4 Å². The lowest BCUT2D eigenvalue weighted by Gasteiger charge is -2.27. The lowest BCUT2D eigenvalue weighted by atomic mass is 10.1. The van der Waals surface area contributed by atoms with Crippen molar-refractivity contribution in [1.29, 1.82) is 0 Å². The molecule has 0 bridgehead atoms. The molecule has 1 heterocycles. The fraction of sp³-hybridized carbons (Fsp3) is 0.261. The molecule has 7 heteroatoms. The third-order valence-corrected chi connectivity index (χ3v) is 5.03. The first kappa shape index (κ1) is 21.5. The zero-order valence-electron chi connectivity index (χ0n) is 16.9. The molecule has 0 saturated carbocycles. The Balaban J connectivity index is 1.59. The van der Waals surface area contributed by atoms with E-state index in [1.54, 1.807) is 25.3 Å². The van der Waals surface area contributed by atoms with Crippen LogP contribution in [-0.4, -0.2) is 42.0 Å². The van der Waals surface area contributed by atoms with E-state index in [0.717, 1.165) is 43.7 Å². The van der Waals surface area contributed by atoms with Crippen LogP contribution in [0.3, 0.4) is 0 Å². The maximum absolute atomic E-state index is 12.9. The molecule has 0 atom stereocenters. The van der Waals surface area contributed by atoms with E-state index < -0.39 is 0 Å². The number of ether oxygens (including phenoxy) is 1. The third kappa shape index (κ3) is 5.90. The number of piperidine rings is 1. The van der Waals surface area contributed by atoms with E-state index in [1.165, 1.54) is 6.08 Å². The maximum atomic E-state index is 12.9. The number of rotatable bonds is 5. The van der Waals surface area contributed by atoms with Crippen molar-refractivity contribution < 1.29 is 14.3 Å². The molecule has 0 aromatic heterocycles. The quantitative estimate of drug-likeness (QED) is 0.565. The van der Waals surface area contributed by atoms with Gasteiger partial charge in [0, 0.05) is 19.2 Å². The van der Waals surface area contributed by atoms with Crippen molar-refractivity contribution in [2.45, 2.75) is 19.3 Å². The van der Waals surface area contributed by atoms with Gasteiger partial charge in [0.2, 0.25) is 5.91 Å². The number of methoxy groups -OCH3 is 1. The zero-order valence-corrected chi connectivity index (χ0v) is 17.7. The van der Waals surface area contributed by atoms with Gasteiger partial charge in [-0.1, -0.05) is 24.3 Å². The lowest BCUT2D eigenvalue weighted by Crippen LogP contribution is -2.37. The number of hydrogen-bond donors (Lipinski definition) is 2. The molecule has 0 radical (unpaired) electrons. The number of nitrogens with zero attached hydrogens (tertiary/aromatic N) is 1. The minimum Gasteiger partial charge on any atom is -0.497 e. The van der Waals surface area contributed by atoms with Gasteiger partial charge in [-0.2, -0.15) is 0 Å². The van der Waals surface area contributed by atoms with E-state index in [4.69, 9.17) is 17.0 Å². The van der Waals surface area contributed by atoms with Crippen LogP contribution in [0.25, 0.3) is 6.08 Å². The van der Waals surface area contributed by atoms with Crippen LogP contribution in [0.5, 0.6) is 5.75 Å². The van der Waals surface area contributed by atoms with Crippen molar-refractivity contribution in [3.8, 4) is 5.75 Å². The molecule has 1 aliphatic heterocycles. The lowest BCUT2D eigenvalue weighted by molar-refractivity contribution is -0.115. The van der Waals surface area contributed by atoms with Crippen LogP contribution in [0, 0.1) is 0 Å². The summed E-state index contributed by atoms with van der Waals surface area (Å²) < 4.78 is 5.11. The Kier molecular flexibility index (Phi) is 7.57. The average molecular weight is 424 g/mol. The summed E-state index contributed by atoms with van der Waals surface area (Å²) in [6, 6.07) is 14.5. The average Bonchev–Trinajstić information content (AvgIpc) is 2.78. The summed E-state index contributed by atoms with van der Waals surface area (Å²) in [7, 11) is 1.60. The number of carbonyl (C=O) groups excluding carboxylic acids is 2. The third-order valence-electron chi connectivity index (χ3n) is 4.83. The molecular weight excluding hydrogens is 398 g/mol. The van der Waals surface area contributed by atoms with E-state index in [0.29, 0.717) is 11.3 Å². The van der Waals surface area contributed by atoms with Gasteiger partial charge in [-0.25, -0.2) is 0 Å². The predicted molar refractivity (Wildman–Crippen MR) is 123 cm³/mol. The van der Waals surface area contributed by atoms with Crippen molar-refractivity contribution in [1.82, 2.24) is 10.2 Å². The highest BCUT2D eigenvalue weighted by Gasteiger charge is 2.20. The largest absolute Gasteiger partial charge is 0.497 e. The number of para-hydroxylation sites is 1. The molecule has 1 fully saturated rings. The highest BCUT2D eigenvalue weighted by molar-refractivity contribution is 7.80. The Labute approximate surface area is 181 Å². The number of anilines is 1. The first-order valence-corrected chi connectivity index (χ1v) is 10.3. The zero-order chi connectivity index (χ0) is 21.3. The van der Waals surface area contributed by atoms with Gasteiger partial charge < -0.3 is 15.0 Å². The van der Waals surface area contributed by atoms with Crippen molar-refractivity contribution in [2.75, 3.05) is 25.5 Å². The molecule has 156 valence electrons. The standard InChI is InChI=1S/C23H25N3O3S/c1-29-18-12-9-17(10-13-18)11-14-21(27)25-23(30)24-20-8-4-3-7-19(20)22(28)26-15-5-2-6-16-26/h3-4,7-14H,2,5-6,15-16H2,1H3,(H2,24,25,27,30)/b14-11+. The van der Waals surface area contributed by atoms with Crippen molar-refractivity contribution in [3.63, 3.8) is 0 Å². The van der Waals surface area contributed by atoms with Gasteiger partial charge in [0.05, 0.1) is 18.4 Å². The summed E-state index contributed by atoms with van der Waals surface area (Å²) in [5, 5.41) is 5.73. The molecule has 3 rings (SSSR count). The van der Waals surface area contributed by atoms with E-state index >= 15 is 0 Å². The topological polar surface area (TPSA) is 70.7 Å². The number of amides is 2. The van der Waals surface area contributed by atoms with Crippen LogP contribution in [-0.2, 0) is 4.79 Å². The Morgan fingerprint density at radius 2 is 1.73 bits per heavy atom. The fourth-order valence-electron chi connectivity index (χ4n) is 3.24. The fourth-order valence-corrected chi connectivity index (χ4v) is 3.45. The Morgan fingerprint density at radius 3 is 2.43 bits per heavy atom. The normalized spacial score (nSPS) is 13.7. The van der Waals surface area contributed by atoms with Crippen LogP contribution in [0.15, 0.2) is 54.6 Å². The van der Waals surface area contributed by atoms with Crippen LogP contribution in [0.1, 0.15) is 35.2 Å². The van der Waals surface area contributed by atoms with Crippen LogP contribution in [0.2, 0.25) is 0 Å². The first-order chi connectivity index (χ1) is 14.6. The summed E-state index contributed by atoms with van der Waals surface area (Å²) in [6.45, 7) is 1.54. The van der Waals surface area contributed by atoms with Gasteiger partial charge in [0.1, 0.15) is 5.75 Å². The van der Waals surface area contributed by atoms with Gasteiger partial charge in [-0.15, -0.1) is 0 Å². The van der Waals surface area contributed by atoms with Crippen LogP contribution < -0.4 is 15.4 Å². The highest BCUT2D eigenvalue weighted by atomic mass is 32.1. The molecule has 1 saturated heterocycles. The number of likely N-dealkylation sites (tertiary alicyclic amines) is 1. The summed E-state index contributed by atoms with van der Waals surface area (Å²) in [5.74, 6) is 0.370. The van der Waals surface area contributed by atoms with Crippen LogP contribution in [0.4, 0.5) is 5.69 Å². The molecule has 30 heavy (non-hydrogen) atoms. The van der Waals surface area contributed by atoms with Crippen molar-refractivity contribution in [2.24, 2.45) is 0 Å². The van der Waals surface area contributed by atoms with Gasteiger partial charge in [-0.3, -0.25) is 14.9 Å². The summed E-state index contributed by atoms with van der Waals surface area (Å²) >= 11 is 5.26. The van der Waals surface area contributed by atoms with E-state index in [9.17, 15) is 9.59 Å². The van der Waals surface area contributed by atoms with E-state index in [1.807, 2.05) is 41.3 Å². The molecule has 2 aromatic rings. The number of thiocarbonyl (C=S) groups is 1. The van der Waals surface area contributed by atoms with Crippen LogP contribution >= 0.6 is 12.2 Å². The van der Waals surface area contributed by atoms with Crippen molar-refractivity contribution >= 4 is 40.9 Å². The molecule has 6 nitrogen and oxygen atoms in total. The van der Waals surface area contributed by atoms with Gasteiger partial charge >= 0.3 is 0 Å².